The highest BCUT2D eigenvalue weighted by Crippen LogP contribution is 2.22. The van der Waals surface area contributed by atoms with Crippen LogP contribution in [0, 0.1) is 0 Å². The fourth-order valence-corrected chi connectivity index (χ4v) is 3.83. The number of anilines is 1. The van der Waals surface area contributed by atoms with Gasteiger partial charge in [0.25, 0.3) is 5.56 Å². The molecule has 1 fully saturated rings. The number of ether oxygens (including phenoxy) is 1. The molecule has 4 aromatic rings. The standard InChI is InChI=1S/C24H24N6O2/c25-24-28-22-20(23(31)29-24)14-21(27-22)18-7-8-26-19(13-18)6-5-16-1-3-17(4-2-16)15-30-9-11-32-12-10-30/h1-8,13-14H,9-12,15H2,(H4,25,27,28,29,31). The number of hydrogen-bond acceptors (Lipinski definition) is 6. The second-order valence-corrected chi connectivity index (χ2v) is 7.83. The van der Waals surface area contributed by atoms with Crippen molar-refractivity contribution < 1.29 is 4.74 Å². The van der Waals surface area contributed by atoms with Gasteiger partial charge in [-0.1, -0.05) is 30.3 Å². The number of morpholine rings is 1. The molecule has 0 aliphatic carbocycles. The van der Waals surface area contributed by atoms with E-state index in [2.05, 4.69) is 49.1 Å². The van der Waals surface area contributed by atoms with Crippen molar-refractivity contribution in [1.29, 1.82) is 0 Å². The lowest BCUT2D eigenvalue weighted by Gasteiger charge is -2.26. The molecule has 4 heterocycles. The zero-order chi connectivity index (χ0) is 21.9. The number of nitrogens with two attached hydrogens (primary N) is 1. The lowest BCUT2D eigenvalue weighted by Crippen LogP contribution is -2.35. The third-order valence-electron chi connectivity index (χ3n) is 5.54. The van der Waals surface area contributed by atoms with E-state index in [0.717, 1.165) is 55.4 Å². The van der Waals surface area contributed by atoms with Crippen molar-refractivity contribution in [2.75, 3.05) is 32.0 Å². The van der Waals surface area contributed by atoms with Gasteiger partial charge in [-0.2, -0.15) is 4.98 Å². The highest BCUT2D eigenvalue weighted by atomic mass is 16.5. The smallest absolute Gasteiger partial charge is 0.261 e. The van der Waals surface area contributed by atoms with Crippen molar-refractivity contribution >= 4 is 29.1 Å². The Morgan fingerprint density at radius 2 is 1.88 bits per heavy atom. The fraction of sp³-hybridized carbons (Fsp3) is 0.208. The highest BCUT2D eigenvalue weighted by Gasteiger charge is 2.11. The quantitative estimate of drug-likeness (QED) is 0.451. The van der Waals surface area contributed by atoms with E-state index in [1.165, 1.54) is 5.56 Å². The minimum Gasteiger partial charge on any atom is -0.379 e. The lowest BCUT2D eigenvalue weighted by molar-refractivity contribution is 0.0342. The van der Waals surface area contributed by atoms with Crippen LogP contribution < -0.4 is 11.3 Å². The normalized spacial score (nSPS) is 15.0. The summed E-state index contributed by atoms with van der Waals surface area (Å²) in [6.07, 6.45) is 5.77. The Bertz CT molecular complexity index is 1320. The number of benzene rings is 1. The maximum Gasteiger partial charge on any atom is 0.261 e. The predicted molar refractivity (Wildman–Crippen MR) is 126 cm³/mol. The third-order valence-corrected chi connectivity index (χ3v) is 5.54. The molecule has 3 aromatic heterocycles. The van der Waals surface area contributed by atoms with E-state index in [9.17, 15) is 4.79 Å². The molecule has 0 unspecified atom stereocenters. The summed E-state index contributed by atoms with van der Waals surface area (Å²) >= 11 is 0. The summed E-state index contributed by atoms with van der Waals surface area (Å²) in [5.74, 6) is 0.0882. The van der Waals surface area contributed by atoms with Gasteiger partial charge in [0.05, 0.1) is 24.3 Å². The van der Waals surface area contributed by atoms with Crippen LogP contribution in [0.25, 0.3) is 34.4 Å². The molecule has 0 spiro atoms. The monoisotopic (exact) mass is 428 g/mol. The van der Waals surface area contributed by atoms with Gasteiger partial charge in [0, 0.05) is 37.1 Å². The molecule has 1 aliphatic rings. The average Bonchev–Trinajstić information content (AvgIpc) is 3.24. The van der Waals surface area contributed by atoms with E-state index in [0.29, 0.717) is 11.0 Å². The van der Waals surface area contributed by atoms with Crippen LogP contribution in [0.2, 0.25) is 0 Å². The Morgan fingerprint density at radius 1 is 1.06 bits per heavy atom. The molecule has 0 atom stereocenters. The molecule has 0 radical (unpaired) electrons. The minimum atomic E-state index is -0.263. The highest BCUT2D eigenvalue weighted by molar-refractivity contribution is 5.83. The van der Waals surface area contributed by atoms with Gasteiger partial charge in [-0.3, -0.25) is 19.7 Å². The number of H-pyrrole nitrogens is 2. The van der Waals surface area contributed by atoms with Gasteiger partial charge in [-0.05, 0) is 35.4 Å². The van der Waals surface area contributed by atoms with Gasteiger partial charge >= 0.3 is 0 Å². The van der Waals surface area contributed by atoms with Crippen LogP contribution in [0.3, 0.4) is 0 Å². The molecular formula is C24H24N6O2. The predicted octanol–water partition coefficient (Wildman–Crippen LogP) is 2.90. The van der Waals surface area contributed by atoms with Crippen LogP contribution in [0.15, 0.2) is 53.5 Å². The van der Waals surface area contributed by atoms with Gasteiger partial charge in [0.2, 0.25) is 5.95 Å². The SMILES string of the molecule is Nc1nc2[nH]c(-c3ccnc(C=Cc4ccc(CN5CCOCC5)cc4)c3)cc2c(=O)[nH]1. The van der Waals surface area contributed by atoms with E-state index in [4.69, 9.17) is 10.5 Å². The number of nitrogens with one attached hydrogen (secondary N) is 2. The topological polar surface area (TPSA) is 113 Å². The molecule has 5 rings (SSSR count). The van der Waals surface area contributed by atoms with E-state index in [1.807, 2.05) is 24.3 Å². The van der Waals surface area contributed by atoms with Gasteiger partial charge < -0.3 is 15.5 Å². The molecule has 162 valence electrons. The van der Waals surface area contributed by atoms with Crippen molar-refractivity contribution in [1.82, 2.24) is 24.8 Å². The number of fused-ring (bicyclic) bond motifs is 1. The van der Waals surface area contributed by atoms with Crippen molar-refractivity contribution in [2.45, 2.75) is 6.54 Å². The molecule has 0 bridgehead atoms. The van der Waals surface area contributed by atoms with E-state index in [-0.39, 0.29) is 11.5 Å². The summed E-state index contributed by atoms with van der Waals surface area (Å²) < 4.78 is 5.41. The summed E-state index contributed by atoms with van der Waals surface area (Å²) in [6, 6.07) is 14.2. The van der Waals surface area contributed by atoms with Crippen molar-refractivity contribution in [3.63, 3.8) is 0 Å². The maximum absolute atomic E-state index is 12.1. The van der Waals surface area contributed by atoms with Gasteiger partial charge in [-0.25, -0.2) is 0 Å². The second kappa shape index (κ2) is 8.78. The van der Waals surface area contributed by atoms with Gasteiger partial charge in [0.15, 0.2) is 0 Å². The number of nitrogens with zero attached hydrogens (tertiary/aromatic N) is 3. The Labute approximate surface area is 184 Å². The zero-order valence-corrected chi connectivity index (χ0v) is 17.5. The number of nitrogen functional groups attached to an aromatic ring is 1. The Morgan fingerprint density at radius 3 is 2.69 bits per heavy atom. The summed E-state index contributed by atoms with van der Waals surface area (Å²) in [6.45, 7) is 4.54. The first-order chi connectivity index (χ1) is 15.6. The molecule has 8 heteroatoms. The largest absolute Gasteiger partial charge is 0.379 e. The van der Waals surface area contributed by atoms with Gasteiger partial charge in [0.1, 0.15) is 5.65 Å². The fourth-order valence-electron chi connectivity index (χ4n) is 3.83. The Kier molecular flexibility index (Phi) is 5.53. The number of aromatic amines is 2. The van der Waals surface area contributed by atoms with E-state index >= 15 is 0 Å². The summed E-state index contributed by atoms with van der Waals surface area (Å²) in [5.41, 5.74) is 10.8. The summed E-state index contributed by atoms with van der Waals surface area (Å²) in [4.78, 5) is 28.8. The number of aromatic nitrogens is 4. The van der Waals surface area contributed by atoms with Crippen molar-refractivity contribution in [2.24, 2.45) is 0 Å². The number of hydrogen-bond donors (Lipinski definition) is 3. The molecule has 8 nitrogen and oxygen atoms in total. The molecule has 4 N–H and O–H groups in total. The van der Waals surface area contributed by atoms with E-state index in [1.54, 1.807) is 12.3 Å². The van der Waals surface area contributed by atoms with Crippen molar-refractivity contribution in [3.8, 4) is 11.3 Å². The first-order valence-corrected chi connectivity index (χ1v) is 10.6. The molecular weight excluding hydrogens is 404 g/mol. The van der Waals surface area contributed by atoms with Crippen LogP contribution in [0.1, 0.15) is 16.8 Å². The summed E-state index contributed by atoms with van der Waals surface area (Å²) in [7, 11) is 0. The first-order valence-electron chi connectivity index (χ1n) is 10.6. The average molecular weight is 428 g/mol. The maximum atomic E-state index is 12.1. The third kappa shape index (κ3) is 4.46. The minimum absolute atomic E-state index is 0.0882. The van der Waals surface area contributed by atoms with Crippen molar-refractivity contribution in [3.05, 3.63) is 75.8 Å². The Hall–Kier alpha value is -3.75. The zero-order valence-electron chi connectivity index (χ0n) is 17.5. The summed E-state index contributed by atoms with van der Waals surface area (Å²) in [5, 5.41) is 0.472. The molecule has 1 aliphatic heterocycles. The number of rotatable bonds is 5. The van der Waals surface area contributed by atoms with Crippen LogP contribution in [-0.4, -0.2) is 51.1 Å². The van der Waals surface area contributed by atoms with Crippen LogP contribution in [0.4, 0.5) is 5.95 Å². The molecule has 32 heavy (non-hydrogen) atoms. The second-order valence-electron chi connectivity index (χ2n) is 7.83. The van der Waals surface area contributed by atoms with Crippen LogP contribution in [-0.2, 0) is 11.3 Å². The van der Waals surface area contributed by atoms with Crippen LogP contribution in [0.5, 0.6) is 0 Å². The Balaban J connectivity index is 1.31. The molecule has 0 saturated carbocycles. The molecule has 0 amide bonds. The molecule has 1 saturated heterocycles. The molecule has 1 aromatic carbocycles. The van der Waals surface area contributed by atoms with Gasteiger partial charge in [-0.15, -0.1) is 0 Å². The van der Waals surface area contributed by atoms with E-state index < -0.39 is 0 Å². The first kappa shape index (κ1) is 20.2. The number of pyridine rings is 1. The lowest BCUT2D eigenvalue weighted by atomic mass is 10.1. The van der Waals surface area contributed by atoms with Crippen LogP contribution >= 0.6 is 0 Å².